The van der Waals surface area contributed by atoms with Crippen molar-refractivity contribution in [3.8, 4) is 0 Å². The van der Waals surface area contributed by atoms with Crippen molar-refractivity contribution in [1.29, 1.82) is 0 Å². The predicted molar refractivity (Wildman–Crippen MR) is 57.3 cm³/mol. The van der Waals surface area contributed by atoms with Crippen LogP contribution in [0.15, 0.2) is 18.2 Å². The fraction of sp³-hybridized carbons (Fsp3) is 0.455. The fourth-order valence-electron chi connectivity index (χ4n) is 1.92. The second-order valence-corrected chi connectivity index (χ2v) is 4.79. The van der Waals surface area contributed by atoms with Crippen molar-refractivity contribution in [2.45, 2.75) is 19.1 Å². The summed E-state index contributed by atoms with van der Waals surface area (Å²) >= 11 is 5.90. The van der Waals surface area contributed by atoms with Gasteiger partial charge in [0, 0.05) is 24.7 Å². The van der Waals surface area contributed by atoms with Gasteiger partial charge in [0.15, 0.2) is 0 Å². The van der Waals surface area contributed by atoms with Crippen molar-refractivity contribution < 1.29 is 9.50 Å². The number of β-amino-alcohol motifs (C(OH)–C–C–N with tert-alkyl or cyclic N) is 1. The van der Waals surface area contributed by atoms with Gasteiger partial charge in [0.2, 0.25) is 0 Å². The van der Waals surface area contributed by atoms with Crippen molar-refractivity contribution in [3.63, 3.8) is 0 Å². The molecule has 1 aliphatic rings. The van der Waals surface area contributed by atoms with Crippen LogP contribution in [-0.4, -0.2) is 28.7 Å². The first-order chi connectivity index (χ1) is 6.96. The van der Waals surface area contributed by atoms with E-state index >= 15 is 0 Å². The molecule has 0 spiro atoms. The van der Waals surface area contributed by atoms with E-state index in [0.717, 1.165) is 5.56 Å². The zero-order chi connectivity index (χ0) is 11.1. The molecule has 0 unspecified atom stereocenters. The number of likely N-dealkylation sites (tertiary alicyclic amines) is 1. The van der Waals surface area contributed by atoms with E-state index in [0.29, 0.717) is 24.7 Å². The van der Waals surface area contributed by atoms with Gasteiger partial charge < -0.3 is 5.11 Å². The zero-order valence-electron chi connectivity index (χ0n) is 8.50. The van der Waals surface area contributed by atoms with Crippen LogP contribution in [0.25, 0.3) is 0 Å². The van der Waals surface area contributed by atoms with Crippen LogP contribution in [0.4, 0.5) is 4.39 Å². The van der Waals surface area contributed by atoms with Gasteiger partial charge in [-0.05, 0) is 24.6 Å². The molecule has 2 rings (SSSR count). The molecular formula is C11H13ClFNO. The molecule has 0 radical (unpaired) electrons. The third kappa shape index (κ3) is 2.48. The number of hydrogen-bond donors (Lipinski definition) is 1. The van der Waals surface area contributed by atoms with E-state index in [1.807, 2.05) is 0 Å². The van der Waals surface area contributed by atoms with Crippen molar-refractivity contribution in [2.24, 2.45) is 0 Å². The van der Waals surface area contributed by atoms with Crippen LogP contribution in [0.3, 0.4) is 0 Å². The highest BCUT2D eigenvalue weighted by Crippen LogP contribution is 2.25. The molecule has 1 aromatic rings. The first kappa shape index (κ1) is 10.9. The van der Waals surface area contributed by atoms with Crippen LogP contribution in [-0.2, 0) is 6.54 Å². The van der Waals surface area contributed by atoms with E-state index in [1.54, 1.807) is 13.0 Å². The SMILES string of the molecule is CC1(O)CN(Cc2ccc(F)cc2Cl)C1. The fourth-order valence-corrected chi connectivity index (χ4v) is 2.15. The molecular weight excluding hydrogens is 217 g/mol. The molecule has 1 aromatic carbocycles. The summed E-state index contributed by atoms with van der Waals surface area (Å²) in [6.07, 6.45) is 0. The molecule has 2 nitrogen and oxygen atoms in total. The number of hydrogen-bond acceptors (Lipinski definition) is 2. The Balaban J connectivity index is 2.00. The average Bonchev–Trinajstić information content (AvgIpc) is 2.06. The Morgan fingerprint density at radius 3 is 2.73 bits per heavy atom. The summed E-state index contributed by atoms with van der Waals surface area (Å²) in [6.45, 7) is 3.74. The molecule has 15 heavy (non-hydrogen) atoms. The molecule has 1 N–H and O–H groups in total. The lowest BCUT2D eigenvalue weighted by molar-refractivity contribution is -0.0871. The number of nitrogens with zero attached hydrogens (tertiary/aromatic N) is 1. The quantitative estimate of drug-likeness (QED) is 0.839. The Labute approximate surface area is 93.3 Å². The maximum Gasteiger partial charge on any atom is 0.124 e. The molecule has 1 fully saturated rings. The Bertz CT molecular complexity index is 373. The highest BCUT2D eigenvalue weighted by Gasteiger charge is 2.36. The number of rotatable bonds is 2. The van der Waals surface area contributed by atoms with E-state index in [-0.39, 0.29) is 5.82 Å². The third-order valence-electron chi connectivity index (χ3n) is 2.54. The molecule has 4 heteroatoms. The molecule has 0 aliphatic carbocycles. The van der Waals surface area contributed by atoms with Gasteiger partial charge in [-0.1, -0.05) is 17.7 Å². The lowest BCUT2D eigenvalue weighted by Crippen LogP contribution is -2.59. The summed E-state index contributed by atoms with van der Waals surface area (Å²) in [5, 5.41) is 9.99. The van der Waals surface area contributed by atoms with Crippen LogP contribution in [0, 0.1) is 5.82 Å². The summed E-state index contributed by atoms with van der Waals surface area (Å²) in [7, 11) is 0. The average molecular weight is 230 g/mol. The molecule has 0 saturated carbocycles. The minimum Gasteiger partial charge on any atom is -0.388 e. The van der Waals surface area contributed by atoms with E-state index in [1.165, 1.54) is 12.1 Å². The molecule has 1 saturated heterocycles. The van der Waals surface area contributed by atoms with Crippen LogP contribution < -0.4 is 0 Å². The maximum atomic E-state index is 12.8. The molecule has 0 atom stereocenters. The van der Waals surface area contributed by atoms with Gasteiger partial charge in [0.1, 0.15) is 5.82 Å². The first-order valence-electron chi connectivity index (χ1n) is 4.85. The van der Waals surface area contributed by atoms with Gasteiger partial charge in [-0.15, -0.1) is 0 Å². The monoisotopic (exact) mass is 229 g/mol. The van der Waals surface area contributed by atoms with Gasteiger partial charge >= 0.3 is 0 Å². The first-order valence-corrected chi connectivity index (χ1v) is 5.23. The Morgan fingerprint density at radius 2 is 2.20 bits per heavy atom. The smallest absolute Gasteiger partial charge is 0.124 e. The van der Waals surface area contributed by atoms with E-state index in [4.69, 9.17) is 11.6 Å². The normalized spacial score (nSPS) is 20.0. The van der Waals surface area contributed by atoms with Crippen LogP contribution in [0.2, 0.25) is 5.02 Å². The summed E-state index contributed by atoms with van der Waals surface area (Å²) in [4.78, 5) is 2.07. The number of halogens is 2. The summed E-state index contributed by atoms with van der Waals surface area (Å²) < 4.78 is 12.8. The molecule has 1 heterocycles. The maximum absolute atomic E-state index is 12.8. The summed E-state index contributed by atoms with van der Waals surface area (Å²) in [5.74, 6) is -0.320. The van der Waals surface area contributed by atoms with Gasteiger partial charge in [-0.3, -0.25) is 4.90 Å². The van der Waals surface area contributed by atoms with Crippen molar-refractivity contribution in [1.82, 2.24) is 4.90 Å². The Hall–Kier alpha value is -0.640. The predicted octanol–water partition coefficient (Wildman–Crippen LogP) is 2.05. The second-order valence-electron chi connectivity index (χ2n) is 4.38. The highest BCUT2D eigenvalue weighted by atomic mass is 35.5. The molecule has 1 aliphatic heterocycles. The molecule has 0 bridgehead atoms. The van der Waals surface area contributed by atoms with Gasteiger partial charge in [0.25, 0.3) is 0 Å². The van der Waals surface area contributed by atoms with Crippen LogP contribution >= 0.6 is 11.6 Å². The minimum atomic E-state index is -0.577. The van der Waals surface area contributed by atoms with E-state index < -0.39 is 5.60 Å². The van der Waals surface area contributed by atoms with Crippen molar-refractivity contribution in [2.75, 3.05) is 13.1 Å². The molecule has 0 amide bonds. The topological polar surface area (TPSA) is 23.5 Å². The van der Waals surface area contributed by atoms with Crippen molar-refractivity contribution in [3.05, 3.63) is 34.6 Å². The third-order valence-corrected chi connectivity index (χ3v) is 2.89. The summed E-state index contributed by atoms with van der Waals surface area (Å²) in [5.41, 5.74) is 0.320. The van der Waals surface area contributed by atoms with Gasteiger partial charge in [-0.2, -0.15) is 0 Å². The second kappa shape index (κ2) is 3.74. The van der Waals surface area contributed by atoms with E-state index in [2.05, 4.69) is 4.90 Å². The van der Waals surface area contributed by atoms with Crippen LogP contribution in [0.5, 0.6) is 0 Å². The zero-order valence-corrected chi connectivity index (χ0v) is 9.26. The number of benzene rings is 1. The van der Waals surface area contributed by atoms with Crippen LogP contribution in [0.1, 0.15) is 12.5 Å². The Morgan fingerprint density at radius 1 is 1.53 bits per heavy atom. The van der Waals surface area contributed by atoms with E-state index in [9.17, 15) is 9.50 Å². The molecule has 82 valence electrons. The lowest BCUT2D eigenvalue weighted by atomic mass is 9.96. The standard InChI is InChI=1S/C11H13ClFNO/c1-11(15)6-14(7-11)5-8-2-3-9(13)4-10(8)12/h2-4,15H,5-7H2,1H3. The number of aliphatic hydroxyl groups is 1. The largest absolute Gasteiger partial charge is 0.388 e. The Kier molecular flexibility index (Phi) is 2.71. The minimum absolute atomic E-state index is 0.320. The van der Waals surface area contributed by atoms with Gasteiger partial charge in [0.05, 0.1) is 5.60 Å². The van der Waals surface area contributed by atoms with Gasteiger partial charge in [-0.25, -0.2) is 4.39 Å². The summed E-state index contributed by atoms with van der Waals surface area (Å²) in [6, 6.07) is 4.40. The van der Waals surface area contributed by atoms with Crippen molar-refractivity contribution >= 4 is 11.6 Å². The highest BCUT2D eigenvalue weighted by molar-refractivity contribution is 6.31. The lowest BCUT2D eigenvalue weighted by Gasteiger charge is -2.44. The molecule has 0 aromatic heterocycles.